The monoisotopic (exact) mass is 792 g/mol. The molecule has 0 aromatic heterocycles. The molecule has 1 saturated heterocycles. The van der Waals surface area contributed by atoms with Crippen molar-refractivity contribution in [3.8, 4) is 5.75 Å². The molecule has 0 bridgehead atoms. The number of carbonyl (C=O) groups is 3. The van der Waals surface area contributed by atoms with Crippen molar-refractivity contribution in [2.45, 2.75) is 90.4 Å². The first-order valence-electron chi connectivity index (χ1n) is 19.5. The number of esters is 2. The summed E-state index contributed by atoms with van der Waals surface area (Å²) in [5.41, 5.74) is 5.14. The van der Waals surface area contributed by atoms with Crippen LogP contribution in [-0.2, 0) is 30.2 Å². The number of benzene rings is 2. The lowest BCUT2D eigenvalue weighted by Crippen LogP contribution is -2.37. The molecule has 1 aliphatic heterocycles. The Morgan fingerprint density at radius 3 is 2.40 bits per heavy atom. The topological polar surface area (TPSA) is 118 Å². The predicted molar refractivity (Wildman–Crippen MR) is 219 cm³/mol. The van der Waals surface area contributed by atoms with Crippen molar-refractivity contribution in [2.24, 2.45) is 23.7 Å². The van der Waals surface area contributed by atoms with E-state index in [0.29, 0.717) is 59.3 Å². The third kappa shape index (κ3) is 13.8. The molecule has 0 amide bonds. The van der Waals surface area contributed by atoms with Crippen LogP contribution in [0.5, 0.6) is 5.75 Å². The van der Waals surface area contributed by atoms with Crippen molar-refractivity contribution < 1.29 is 43.2 Å². The van der Waals surface area contributed by atoms with E-state index in [1.165, 1.54) is 40.0 Å². The fraction of sp³-hybridized carbons (Fsp3) is 0.523. The van der Waals surface area contributed by atoms with E-state index in [1.807, 2.05) is 19.1 Å². The second-order valence-corrected chi connectivity index (χ2v) is 17.7. The van der Waals surface area contributed by atoms with E-state index in [9.17, 15) is 19.5 Å². The molecule has 0 saturated carbocycles. The maximum absolute atomic E-state index is 12.5. The van der Waals surface area contributed by atoms with Gasteiger partial charge in [-0.15, -0.1) is 0 Å². The van der Waals surface area contributed by atoms with E-state index in [1.54, 1.807) is 24.3 Å². The van der Waals surface area contributed by atoms with Gasteiger partial charge in [0.2, 0.25) is 0 Å². The molecule has 55 heavy (non-hydrogen) atoms. The lowest BCUT2D eigenvalue weighted by Gasteiger charge is -2.39. The van der Waals surface area contributed by atoms with Crippen molar-refractivity contribution in [1.82, 2.24) is 0 Å². The van der Waals surface area contributed by atoms with Crippen molar-refractivity contribution in [3.63, 3.8) is 0 Å². The minimum absolute atomic E-state index is 0.0419. The van der Waals surface area contributed by atoms with Gasteiger partial charge in [-0.2, -0.15) is 0 Å². The maximum Gasteiger partial charge on any atom is 0.508 e. The summed E-state index contributed by atoms with van der Waals surface area (Å²) < 4.78 is 27.5. The number of rotatable bonds is 19. The standard InChI is InChI=1S/C44H56O9S2/c1-29(2)33-11-7-32(8-12-33)9-15-36(45)28-51-37-16-13-34(14-17-37)43(47)49-21-23-54-55-24-22-50-44(48)53-39-26-38(52-42(46)27-39)18-20-40-31(4)6-10-35-25-30(3)5-19-41(35)40/h6-8,10-14,16-17,25,30-31,36,38-41,45H,1,5,9,15,18-24,26-28H2,2-4H3/t30-,31+,36?,38-,39-,40+,41+/m1/s1. The van der Waals surface area contributed by atoms with Gasteiger partial charge in [0.15, 0.2) is 0 Å². The summed E-state index contributed by atoms with van der Waals surface area (Å²) in [5, 5.41) is 10.4. The van der Waals surface area contributed by atoms with Gasteiger partial charge in [0.1, 0.15) is 37.8 Å². The summed E-state index contributed by atoms with van der Waals surface area (Å²) in [4.78, 5) is 37.2. The summed E-state index contributed by atoms with van der Waals surface area (Å²) in [6.45, 7) is 11.0. The number of aryl methyl sites for hydroxylation is 1. The fourth-order valence-electron chi connectivity index (χ4n) is 7.46. The second kappa shape index (κ2) is 21.6. The molecular weight excluding hydrogens is 737 g/mol. The van der Waals surface area contributed by atoms with E-state index in [4.69, 9.17) is 23.7 Å². The Kier molecular flexibility index (Phi) is 16.7. The van der Waals surface area contributed by atoms with Crippen molar-refractivity contribution >= 4 is 45.3 Å². The van der Waals surface area contributed by atoms with Crippen molar-refractivity contribution in [2.75, 3.05) is 31.3 Å². The third-order valence-corrected chi connectivity index (χ3v) is 12.9. The van der Waals surface area contributed by atoms with Crippen LogP contribution in [-0.4, -0.2) is 72.8 Å². The average Bonchev–Trinajstić information content (AvgIpc) is 3.17. The van der Waals surface area contributed by atoms with Crippen LogP contribution in [0.2, 0.25) is 0 Å². The molecule has 7 atom stereocenters. The fourth-order valence-corrected chi connectivity index (χ4v) is 9.12. The minimum atomic E-state index is -0.774. The summed E-state index contributed by atoms with van der Waals surface area (Å²) in [5.74, 6) is 3.08. The highest BCUT2D eigenvalue weighted by molar-refractivity contribution is 8.76. The number of hydrogen-bond donors (Lipinski definition) is 1. The number of ether oxygens (including phenoxy) is 5. The van der Waals surface area contributed by atoms with E-state index >= 15 is 0 Å². The predicted octanol–water partition coefficient (Wildman–Crippen LogP) is 9.43. The highest BCUT2D eigenvalue weighted by atomic mass is 33.1. The number of carbonyl (C=O) groups excluding carboxylic acids is 3. The Balaban J connectivity index is 0.886. The first kappa shape index (κ1) is 42.5. The zero-order chi connectivity index (χ0) is 39.2. The molecule has 5 rings (SSSR count). The molecule has 2 aliphatic carbocycles. The van der Waals surface area contributed by atoms with Gasteiger partial charge in [-0.3, -0.25) is 4.79 Å². The SMILES string of the molecule is C=C(C)c1ccc(CCC(O)COc2ccc(C(=O)OCCSSCCOC(=O)O[C@H]3CC(=O)O[C@H](CC[C@H]4[C@@H](C)C=CC5=C[C@H](C)CC[C@@H]54)C3)cc2)cc1. The first-order chi connectivity index (χ1) is 26.5. The lowest BCUT2D eigenvalue weighted by molar-refractivity contribution is -0.161. The van der Waals surface area contributed by atoms with Crippen LogP contribution in [0.25, 0.3) is 5.57 Å². The average molecular weight is 793 g/mol. The van der Waals surface area contributed by atoms with Crippen LogP contribution in [0.15, 0.2) is 78.9 Å². The van der Waals surface area contributed by atoms with E-state index < -0.39 is 24.3 Å². The molecule has 2 aromatic rings. The van der Waals surface area contributed by atoms with Gasteiger partial charge in [0.25, 0.3) is 0 Å². The molecule has 298 valence electrons. The third-order valence-electron chi connectivity index (χ3n) is 10.5. The van der Waals surface area contributed by atoms with Crippen LogP contribution in [0.1, 0.15) is 87.2 Å². The van der Waals surface area contributed by atoms with Gasteiger partial charge in [-0.1, -0.05) is 90.1 Å². The number of cyclic esters (lactones) is 1. The van der Waals surface area contributed by atoms with Crippen LogP contribution >= 0.6 is 21.6 Å². The van der Waals surface area contributed by atoms with Crippen molar-refractivity contribution in [1.29, 1.82) is 0 Å². The van der Waals surface area contributed by atoms with Crippen molar-refractivity contribution in [3.05, 3.63) is 95.6 Å². The van der Waals surface area contributed by atoms with E-state index in [2.05, 4.69) is 50.8 Å². The molecule has 1 N–H and O–H groups in total. The van der Waals surface area contributed by atoms with Crippen LogP contribution in [0, 0.1) is 23.7 Å². The quantitative estimate of drug-likeness (QED) is 0.0635. The van der Waals surface area contributed by atoms with Gasteiger partial charge < -0.3 is 28.8 Å². The van der Waals surface area contributed by atoms with E-state index in [0.717, 1.165) is 36.0 Å². The number of hydrogen-bond acceptors (Lipinski definition) is 11. The first-order valence-corrected chi connectivity index (χ1v) is 22.0. The Morgan fingerprint density at radius 2 is 1.67 bits per heavy atom. The van der Waals surface area contributed by atoms with Crippen LogP contribution < -0.4 is 4.74 Å². The molecule has 11 heteroatoms. The molecule has 1 fully saturated rings. The minimum Gasteiger partial charge on any atom is -0.491 e. The summed E-state index contributed by atoms with van der Waals surface area (Å²) in [6.07, 6.45) is 10.8. The van der Waals surface area contributed by atoms with Gasteiger partial charge in [0.05, 0.1) is 18.1 Å². The summed E-state index contributed by atoms with van der Waals surface area (Å²) in [7, 11) is 3.01. The maximum atomic E-state index is 12.5. The summed E-state index contributed by atoms with van der Waals surface area (Å²) in [6, 6.07) is 14.8. The molecule has 2 aromatic carbocycles. The zero-order valence-electron chi connectivity index (χ0n) is 32.3. The Bertz CT molecular complexity index is 1640. The lowest BCUT2D eigenvalue weighted by atomic mass is 9.66. The Labute approximate surface area is 334 Å². The molecule has 3 aliphatic rings. The molecule has 1 heterocycles. The van der Waals surface area contributed by atoms with Crippen LogP contribution in [0.4, 0.5) is 4.79 Å². The van der Waals surface area contributed by atoms with Crippen LogP contribution in [0.3, 0.4) is 0 Å². The second-order valence-electron chi connectivity index (χ2n) is 15.0. The molecule has 9 nitrogen and oxygen atoms in total. The molecular formula is C44H56O9S2. The van der Waals surface area contributed by atoms with E-state index in [-0.39, 0.29) is 38.3 Å². The number of fused-ring (bicyclic) bond motifs is 1. The van der Waals surface area contributed by atoms with Gasteiger partial charge >= 0.3 is 18.1 Å². The normalized spacial score (nSPS) is 23.8. The van der Waals surface area contributed by atoms with Gasteiger partial charge in [-0.05, 0) is 110 Å². The summed E-state index contributed by atoms with van der Waals surface area (Å²) >= 11 is 0. The Morgan fingerprint density at radius 1 is 0.964 bits per heavy atom. The smallest absolute Gasteiger partial charge is 0.491 e. The molecule has 0 radical (unpaired) electrons. The Hall–Kier alpha value is -3.67. The molecule has 1 unspecified atom stereocenters. The van der Waals surface area contributed by atoms with Gasteiger partial charge in [-0.25, -0.2) is 9.59 Å². The largest absolute Gasteiger partial charge is 0.508 e. The van der Waals surface area contributed by atoms with Gasteiger partial charge in [0, 0.05) is 17.9 Å². The highest BCUT2D eigenvalue weighted by Crippen LogP contribution is 2.44. The molecule has 0 spiro atoms. The highest BCUT2D eigenvalue weighted by Gasteiger charge is 2.36. The number of aliphatic hydroxyl groups excluding tert-OH is 1. The number of aliphatic hydroxyl groups is 1. The zero-order valence-corrected chi connectivity index (χ0v) is 34.0. The number of allylic oxidation sites excluding steroid dienone is 5.